The number of fused-ring (bicyclic) bond motifs is 10. The van der Waals surface area contributed by atoms with Gasteiger partial charge in [0.2, 0.25) is 5.95 Å². The number of para-hydroxylation sites is 1. The summed E-state index contributed by atoms with van der Waals surface area (Å²) in [5.74, 6) is 0.110. The van der Waals surface area contributed by atoms with Crippen LogP contribution in [0, 0.1) is 0 Å². The zero-order valence-electron chi connectivity index (χ0n) is 15.3. The number of pyridine rings is 1. The highest BCUT2D eigenvalue weighted by molar-refractivity contribution is 6.34. The lowest BCUT2D eigenvalue weighted by Crippen LogP contribution is -2.12. The maximum atomic E-state index is 13.0. The molecule has 0 aliphatic heterocycles. The van der Waals surface area contributed by atoms with Gasteiger partial charge in [0.15, 0.2) is 0 Å². The van der Waals surface area contributed by atoms with Crippen LogP contribution in [0.3, 0.4) is 0 Å². The van der Waals surface area contributed by atoms with Crippen LogP contribution in [-0.4, -0.2) is 24.1 Å². The Morgan fingerprint density at radius 3 is 2.54 bits per heavy atom. The SMILES string of the molecule is Cn1c2ccccc2c2c3c(=O)[nH]c(N)nc3c3c4cccnc4n(C)c3c21. The first-order valence-electron chi connectivity index (χ1n) is 8.99. The van der Waals surface area contributed by atoms with Gasteiger partial charge >= 0.3 is 0 Å². The molecule has 0 aliphatic carbocycles. The van der Waals surface area contributed by atoms with Crippen LogP contribution in [0.2, 0.25) is 0 Å². The molecule has 136 valence electrons. The van der Waals surface area contributed by atoms with E-state index in [9.17, 15) is 4.79 Å². The summed E-state index contributed by atoms with van der Waals surface area (Å²) in [6, 6.07) is 12.0. The molecule has 0 radical (unpaired) electrons. The number of rotatable bonds is 0. The molecule has 7 heteroatoms. The van der Waals surface area contributed by atoms with Crippen LogP contribution in [0.15, 0.2) is 47.4 Å². The maximum Gasteiger partial charge on any atom is 0.260 e. The topological polar surface area (TPSA) is 94.5 Å². The highest BCUT2D eigenvalue weighted by Crippen LogP contribution is 2.41. The van der Waals surface area contributed by atoms with Crippen molar-refractivity contribution in [1.29, 1.82) is 0 Å². The molecule has 0 atom stereocenters. The molecule has 4 heterocycles. The van der Waals surface area contributed by atoms with Gasteiger partial charge in [-0.3, -0.25) is 9.78 Å². The molecular formula is C21H16N6O. The third kappa shape index (κ3) is 1.62. The molecular weight excluding hydrogens is 352 g/mol. The van der Waals surface area contributed by atoms with E-state index in [0.29, 0.717) is 10.9 Å². The number of nitrogens with zero attached hydrogens (tertiary/aromatic N) is 4. The van der Waals surface area contributed by atoms with E-state index in [4.69, 9.17) is 5.73 Å². The van der Waals surface area contributed by atoms with Crippen LogP contribution < -0.4 is 11.3 Å². The number of hydrogen-bond donors (Lipinski definition) is 2. The van der Waals surface area contributed by atoms with Gasteiger partial charge in [-0.2, -0.15) is 0 Å². The Balaban J connectivity index is 2.16. The molecule has 2 aromatic carbocycles. The second kappa shape index (κ2) is 4.89. The second-order valence-electron chi connectivity index (χ2n) is 7.13. The number of hydrogen-bond acceptors (Lipinski definition) is 4. The van der Waals surface area contributed by atoms with Crippen LogP contribution in [-0.2, 0) is 14.1 Å². The number of aromatic nitrogens is 5. The standard InChI is InChI=1S/C21H16N6O/c1-26-12-8-4-3-6-10(12)13-15-16(24-21(22)25-20(15)28)14-11-7-5-9-23-19(11)27(2)18(14)17(13)26/h3-9H,1-2H3,(H3,22,24,25,28). The minimum atomic E-state index is -0.230. The average molecular weight is 368 g/mol. The Bertz CT molecular complexity index is 1670. The Hall–Kier alpha value is -3.87. The minimum Gasteiger partial charge on any atom is -0.369 e. The summed E-state index contributed by atoms with van der Waals surface area (Å²) in [5, 5.41) is 4.32. The summed E-state index contributed by atoms with van der Waals surface area (Å²) in [6.07, 6.45) is 1.77. The lowest BCUT2D eigenvalue weighted by Gasteiger charge is -2.07. The molecule has 0 fully saturated rings. The van der Waals surface area contributed by atoms with Crippen molar-refractivity contribution in [3.8, 4) is 0 Å². The number of H-pyrrole nitrogens is 1. The molecule has 28 heavy (non-hydrogen) atoms. The molecule has 0 saturated carbocycles. The van der Waals surface area contributed by atoms with Crippen LogP contribution >= 0.6 is 0 Å². The molecule has 0 spiro atoms. The third-order valence-electron chi connectivity index (χ3n) is 5.70. The summed E-state index contributed by atoms with van der Waals surface area (Å²) >= 11 is 0. The smallest absolute Gasteiger partial charge is 0.260 e. The van der Waals surface area contributed by atoms with Gasteiger partial charge in [0.05, 0.1) is 21.9 Å². The number of aromatic amines is 1. The number of nitrogen functional groups attached to an aromatic ring is 1. The van der Waals surface area contributed by atoms with Gasteiger partial charge in [-0.1, -0.05) is 18.2 Å². The fourth-order valence-electron chi connectivity index (χ4n) is 4.60. The fourth-order valence-corrected chi connectivity index (χ4v) is 4.60. The third-order valence-corrected chi connectivity index (χ3v) is 5.70. The van der Waals surface area contributed by atoms with Gasteiger partial charge in [0.25, 0.3) is 5.56 Å². The van der Waals surface area contributed by atoms with Crippen LogP contribution in [0.4, 0.5) is 5.95 Å². The van der Waals surface area contributed by atoms with Crippen LogP contribution in [0.25, 0.3) is 54.6 Å². The van der Waals surface area contributed by atoms with Crippen LogP contribution in [0.1, 0.15) is 0 Å². The first-order chi connectivity index (χ1) is 13.6. The van der Waals surface area contributed by atoms with E-state index in [1.165, 1.54) is 0 Å². The van der Waals surface area contributed by atoms with E-state index in [0.717, 1.165) is 43.7 Å². The number of nitrogens with one attached hydrogen (secondary N) is 1. The van der Waals surface area contributed by atoms with E-state index >= 15 is 0 Å². The zero-order valence-corrected chi connectivity index (χ0v) is 15.3. The van der Waals surface area contributed by atoms with Crippen molar-refractivity contribution >= 4 is 60.6 Å². The van der Waals surface area contributed by atoms with Crippen molar-refractivity contribution < 1.29 is 0 Å². The van der Waals surface area contributed by atoms with Crippen molar-refractivity contribution in [2.75, 3.05) is 5.73 Å². The van der Waals surface area contributed by atoms with Crippen molar-refractivity contribution in [3.05, 3.63) is 52.9 Å². The highest BCUT2D eigenvalue weighted by Gasteiger charge is 2.23. The molecule has 0 unspecified atom stereocenters. The molecule has 6 aromatic rings. The normalized spacial score (nSPS) is 12.2. The number of aryl methyl sites for hydroxylation is 2. The first kappa shape index (κ1) is 15.2. The summed E-state index contributed by atoms with van der Waals surface area (Å²) in [5.41, 5.74) is 10.2. The summed E-state index contributed by atoms with van der Waals surface area (Å²) < 4.78 is 4.21. The predicted molar refractivity (Wildman–Crippen MR) is 113 cm³/mol. The van der Waals surface area contributed by atoms with E-state index in [2.05, 4.69) is 30.2 Å². The van der Waals surface area contributed by atoms with Gasteiger partial charge < -0.3 is 14.9 Å². The largest absolute Gasteiger partial charge is 0.369 e. The molecule has 0 bridgehead atoms. The summed E-state index contributed by atoms with van der Waals surface area (Å²) in [4.78, 5) is 24.9. The Morgan fingerprint density at radius 1 is 0.929 bits per heavy atom. The highest BCUT2D eigenvalue weighted by atomic mass is 16.1. The molecule has 0 aliphatic rings. The number of benzene rings is 2. The zero-order chi connectivity index (χ0) is 19.2. The molecule has 0 amide bonds. The van der Waals surface area contributed by atoms with Gasteiger partial charge in [0, 0.05) is 47.4 Å². The molecule has 6 rings (SSSR count). The van der Waals surface area contributed by atoms with Gasteiger partial charge in [0.1, 0.15) is 5.65 Å². The molecule has 0 saturated heterocycles. The Morgan fingerprint density at radius 2 is 1.68 bits per heavy atom. The van der Waals surface area contributed by atoms with Crippen LogP contribution in [0.5, 0.6) is 0 Å². The Labute approximate surface area is 158 Å². The van der Waals surface area contributed by atoms with Crippen molar-refractivity contribution in [3.63, 3.8) is 0 Å². The second-order valence-corrected chi connectivity index (χ2v) is 7.13. The first-order valence-corrected chi connectivity index (χ1v) is 8.99. The lowest BCUT2D eigenvalue weighted by atomic mass is 10.0. The quantitative estimate of drug-likeness (QED) is 0.430. The molecule has 4 aromatic heterocycles. The van der Waals surface area contributed by atoms with Gasteiger partial charge in [-0.15, -0.1) is 0 Å². The fraction of sp³-hybridized carbons (Fsp3) is 0.0952. The Kier molecular flexibility index (Phi) is 2.66. The maximum absolute atomic E-state index is 13.0. The van der Waals surface area contributed by atoms with E-state index < -0.39 is 0 Å². The van der Waals surface area contributed by atoms with Gasteiger partial charge in [-0.25, -0.2) is 9.97 Å². The van der Waals surface area contributed by atoms with Gasteiger partial charge in [-0.05, 0) is 18.2 Å². The van der Waals surface area contributed by atoms with E-state index in [1.807, 2.05) is 44.4 Å². The van der Waals surface area contributed by atoms with E-state index in [1.54, 1.807) is 6.20 Å². The summed E-state index contributed by atoms with van der Waals surface area (Å²) in [7, 11) is 4.02. The minimum absolute atomic E-state index is 0.110. The van der Waals surface area contributed by atoms with E-state index in [-0.39, 0.29) is 11.5 Å². The van der Waals surface area contributed by atoms with Crippen molar-refractivity contribution in [2.24, 2.45) is 14.1 Å². The average Bonchev–Trinajstić information content (AvgIpc) is 3.15. The molecule has 3 N–H and O–H groups in total. The monoisotopic (exact) mass is 368 g/mol. The van der Waals surface area contributed by atoms with Crippen molar-refractivity contribution in [2.45, 2.75) is 0 Å². The number of anilines is 1. The molecule has 7 nitrogen and oxygen atoms in total. The summed E-state index contributed by atoms with van der Waals surface area (Å²) in [6.45, 7) is 0. The predicted octanol–water partition coefficient (Wildman–Crippen LogP) is 3.19. The lowest BCUT2D eigenvalue weighted by molar-refractivity contribution is 0.973. The number of nitrogens with two attached hydrogens (primary N) is 1. The van der Waals surface area contributed by atoms with Crippen molar-refractivity contribution in [1.82, 2.24) is 24.1 Å².